The van der Waals surface area contributed by atoms with Crippen LogP contribution in [0.1, 0.15) is 6.42 Å². The minimum Gasteiger partial charge on any atom is -0.486 e. The number of carbonyl (C=O) groups excluding carboxylic acids is 2. The fraction of sp³-hybridized carbons (Fsp3) is 0.333. The van der Waals surface area contributed by atoms with Crippen LogP contribution in [0.2, 0.25) is 0 Å². The molecule has 4 rings (SSSR count). The first kappa shape index (κ1) is 23.9. The Hall–Kier alpha value is -3.29. The number of carbonyl (C=O) groups is 2. The first-order valence-electron chi connectivity index (χ1n) is 10.2. The first-order valence-corrected chi connectivity index (χ1v) is 11.6. The third kappa shape index (κ3) is 4.95. The second-order valence-electron chi connectivity index (χ2n) is 7.57. The zero-order chi connectivity index (χ0) is 24.5. The highest BCUT2D eigenvalue weighted by molar-refractivity contribution is 7.89. The molecule has 0 bridgehead atoms. The topological polar surface area (TPSA) is 131 Å². The first-order chi connectivity index (χ1) is 16.1. The van der Waals surface area contributed by atoms with Gasteiger partial charge in [0.25, 0.3) is 5.91 Å². The molecule has 2 aromatic carbocycles. The Morgan fingerprint density at radius 1 is 1.12 bits per heavy atom. The number of nitrogens with zero attached hydrogens (tertiary/aromatic N) is 1. The number of nitrogens with one attached hydrogen (secondary N) is 1. The number of rotatable bonds is 6. The number of aliphatic hydroxyl groups is 1. The molecule has 0 spiro atoms. The van der Waals surface area contributed by atoms with Gasteiger partial charge in [-0.2, -0.15) is 4.31 Å². The number of ether oxygens (including phenoxy) is 3. The predicted molar refractivity (Wildman–Crippen MR) is 112 cm³/mol. The number of esters is 1. The molecule has 13 heteroatoms. The summed E-state index contributed by atoms with van der Waals surface area (Å²) < 4.78 is 69.7. The largest absolute Gasteiger partial charge is 0.486 e. The van der Waals surface area contributed by atoms with Gasteiger partial charge in [0, 0.05) is 25.1 Å². The van der Waals surface area contributed by atoms with Crippen LogP contribution in [0, 0.1) is 11.6 Å². The van der Waals surface area contributed by atoms with Crippen molar-refractivity contribution >= 4 is 27.6 Å². The number of hydrogen-bond donors (Lipinski definition) is 2. The Balaban J connectivity index is 1.45. The molecule has 0 radical (unpaired) electrons. The average Bonchev–Trinajstić information content (AvgIpc) is 3.22. The van der Waals surface area contributed by atoms with E-state index in [9.17, 15) is 31.9 Å². The van der Waals surface area contributed by atoms with Crippen molar-refractivity contribution in [3.8, 4) is 11.5 Å². The van der Waals surface area contributed by atoms with Crippen LogP contribution in [-0.4, -0.2) is 68.2 Å². The van der Waals surface area contributed by atoms with E-state index >= 15 is 0 Å². The van der Waals surface area contributed by atoms with Crippen LogP contribution >= 0.6 is 0 Å². The van der Waals surface area contributed by atoms with Crippen molar-refractivity contribution < 1.29 is 46.1 Å². The van der Waals surface area contributed by atoms with Crippen LogP contribution in [0.15, 0.2) is 41.3 Å². The van der Waals surface area contributed by atoms with Crippen LogP contribution < -0.4 is 14.8 Å². The van der Waals surface area contributed by atoms with E-state index < -0.39 is 58.0 Å². The highest BCUT2D eigenvalue weighted by Gasteiger charge is 2.44. The molecular formula is C21H20F2N2O8S. The Labute approximate surface area is 193 Å². The van der Waals surface area contributed by atoms with Crippen LogP contribution in [0.4, 0.5) is 14.5 Å². The zero-order valence-corrected chi connectivity index (χ0v) is 18.4. The van der Waals surface area contributed by atoms with Gasteiger partial charge in [-0.25, -0.2) is 17.2 Å². The van der Waals surface area contributed by atoms with Gasteiger partial charge in [0.05, 0.1) is 16.7 Å². The van der Waals surface area contributed by atoms with Gasteiger partial charge < -0.3 is 24.6 Å². The van der Waals surface area contributed by atoms with E-state index in [0.29, 0.717) is 12.4 Å². The molecule has 2 aliphatic rings. The van der Waals surface area contributed by atoms with E-state index in [2.05, 4.69) is 5.32 Å². The lowest BCUT2D eigenvalue weighted by Gasteiger charge is -2.24. The van der Waals surface area contributed by atoms with Gasteiger partial charge in [-0.1, -0.05) is 0 Å². The molecule has 0 aliphatic carbocycles. The molecule has 0 aromatic heterocycles. The van der Waals surface area contributed by atoms with Crippen molar-refractivity contribution in [3.63, 3.8) is 0 Å². The lowest BCUT2D eigenvalue weighted by atomic mass is 10.2. The fourth-order valence-corrected chi connectivity index (χ4v) is 5.24. The summed E-state index contributed by atoms with van der Waals surface area (Å²) in [5, 5.41) is 12.1. The van der Waals surface area contributed by atoms with Gasteiger partial charge in [-0.15, -0.1) is 0 Å². The summed E-state index contributed by atoms with van der Waals surface area (Å²) >= 11 is 0. The third-order valence-electron chi connectivity index (χ3n) is 5.17. The Morgan fingerprint density at radius 2 is 1.85 bits per heavy atom. The van der Waals surface area contributed by atoms with Gasteiger partial charge in [0.15, 0.2) is 18.1 Å². The van der Waals surface area contributed by atoms with Crippen molar-refractivity contribution in [2.45, 2.75) is 23.5 Å². The Morgan fingerprint density at radius 3 is 2.62 bits per heavy atom. The minimum atomic E-state index is -4.25. The van der Waals surface area contributed by atoms with Crippen LogP contribution in [0.3, 0.4) is 0 Å². The lowest BCUT2D eigenvalue weighted by molar-refractivity contribution is -0.150. The Kier molecular flexibility index (Phi) is 6.68. The predicted octanol–water partition coefficient (Wildman–Crippen LogP) is 1.04. The molecule has 0 unspecified atom stereocenters. The van der Waals surface area contributed by atoms with Crippen LogP contribution in [0.5, 0.6) is 11.5 Å². The molecule has 1 amide bonds. The zero-order valence-electron chi connectivity index (χ0n) is 17.6. The number of aliphatic hydroxyl groups excluding tert-OH is 1. The maximum atomic E-state index is 13.7. The summed E-state index contributed by atoms with van der Waals surface area (Å²) in [6, 6.07) is 5.02. The molecule has 10 nitrogen and oxygen atoms in total. The van der Waals surface area contributed by atoms with E-state index in [0.717, 1.165) is 22.5 Å². The fourth-order valence-electron chi connectivity index (χ4n) is 3.60. The number of fused-ring (bicyclic) bond motifs is 1. The number of amides is 1. The number of β-amino-alcohol motifs (C(OH)–C–C–N with tert-alkyl or cyclic N) is 1. The Bertz CT molecular complexity index is 1220. The second-order valence-corrected chi connectivity index (χ2v) is 9.46. The number of sulfonamides is 1. The smallest absolute Gasteiger partial charge is 0.325 e. The standard InChI is InChI=1S/C21H20F2N2O8S/c22-12-1-3-15(23)16(7-12)24-20(27)11-33-21(28)17-8-13(26)10-25(17)34(29,30)14-2-4-18-19(9-14)32-6-5-31-18/h1-4,7,9,13,17,26H,5-6,8,10-11H2,(H,24,27)/t13-,17-/m0/s1. The van der Waals surface area contributed by atoms with Crippen molar-refractivity contribution in [2.75, 3.05) is 31.7 Å². The molecule has 2 atom stereocenters. The molecule has 2 N–H and O–H groups in total. The summed E-state index contributed by atoms with van der Waals surface area (Å²) in [5.74, 6) is -3.11. The van der Waals surface area contributed by atoms with Gasteiger partial charge in [-0.05, 0) is 24.3 Å². The number of hydrogen-bond acceptors (Lipinski definition) is 8. The molecule has 1 saturated heterocycles. The second kappa shape index (κ2) is 9.52. The molecule has 0 saturated carbocycles. The third-order valence-corrected chi connectivity index (χ3v) is 7.04. The van der Waals surface area contributed by atoms with Crippen molar-refractivity contribution in [2.24, 2.45) is 0 Å². The van der Waals surface area contributed by atoms with E-state index in [1.165, 1.54) is 18.2 Å². The van der Waals surface area contributed by atoms with E-state index in [4.69, 9.17) is 14.2 Å². The number of benzene rings is 2. The normalized spacial score (nSPS) is 20.1. The molecular weight excluding hydrogens is 478 g/mol. The van der Waals surface area contributed by atoms with Crippen LogP contribution in [-0.2, 0) is 24.3 Å². The van der Waals surface area contributed by atoms with Gasteiger partial charge in [0.2, 0.25) is 10.0 Å². The lowest BCUT2D eigenvalue weighted by Crippen LogP contribution is -2.42. The highest BCUT2D eigenvalue weighted by atomic mass is 32.2. The van der Waals surface area contributed by atoms with Crippen molar-refractivity contribution in [1.29, 1.82) is 0 Å². The van der Waals surface area contributed by atoms with Gasteiger partial charge in [0.1, 0.15) is 30.9 Å². The summed E-state index contributed by atoms with van der Waals surface area (Å²) in [5.41, 5.74) is -0.444. The average molecular weight is 498 g/mol. The maximum Gasteiger partial charge on any atom is 0.325 e. The summed E-state index contributed by atoms with van der Waals surface area (Å²) in [6.45, 7) is -0.670. The molecule has 182 valence electrons. The highest BCUT2D eigenvalue weighted by Crippen LogP contribution is 2.35. The number of anilines is 1. The van der Waals surface area contributed by atoms with Crippen molar-refractivity contribution in [3.05, 3.63) is 48.0 Å². The summed E-state index contributed by atoms with van der Waals surface area (Å²) in [6.07, 6.45) is -1.39. The molecule has 2 aliphatic heterocycles. The van der Waals surface area contributed by atoms with E-state index in [1.807, 2.05) is 0 Å². The maximum absolute atomic E-state index is 13.7. The monoisotopic (exact) mass is 498 g/mol. The summed E-state index contributed by atoms with van der Waals surface area (Å²) in [7, 11) is -4.25. The molecule has 2 heterocycles. The quantitative estimate of drug-likeness (QED) is 0.565. The van der Waals surface area contributed by atoms with E-state index in [-0.39, 0.29) is 30.2 Å². The van der Waals surface area contributed by atoms with Gasteiger partial charge in [-0.3, -0.25) is 9.59 Å². The summed E-state index contributed by atoms with van der Waals surface area (Å²) in [4.78, 5) is 24.4. The van der Waals surface area contributed by atoms with Crippen molar-refractivity contribution in [1.82, 2.24) is 4.31 Å². The number of halogens is 2. The SMILES string of the molecule is O=C(COC(=O)[C@@H]1C[C@H](O)CN1S(=O)(=O)c1ccc2c(c1)OCCO2)Nc1cc(F)ccc1F. The molecule has 1 fully saturated rings. The van der Waals surface area contributed by atoms with Crippen LogP contribution in [0.25, 0.3) is 0 Å². The molecule has 34 heavy (non-hydrogen) atoms. The van der Waals surface area contributed by atoms with E-state index in [1.54, 1.807) is 0 Å². The molecule has 2 aromatic rings. The van der Waals surface area contributed by atoms with Gasteiger partial charge >= 0.3 is 5.97 Å². The minimum absolute atomic E-state index is 0.178.